The molecule has 0 spiro atoms. The molecule has 0 bridgehead atoms. The van der Waals surface area contributed by atoms with Crippen molar-refractivity contribution in [3.63, 3.8) is 0 Å². The standard InChI is InChI=1S/C17H18BrNO4S/c1-4-7-19-16(20)15(24-17(19)21)9-11-8-13(22-5-2)14(23-6-3)10-12(11)18/h1,8,10,15H,5-7,9H2,2-3H3/t15-/m0/s1. The van der Waals surface area contributed by atoms with E-state index in [1.807, 2.05) is 26.0 Å². The molecule has 1 atom stereocenters. The van der Waals surface area contributed by atoms with Crippen LogP contribution in [0.1, 0.15) is 19.4 Å². The van der Waals surface area contributed by atoms with Crippen molar-refractivity contribution in [2.75, 3.05) is 19.8 Å². The normalized spacial score (nSPS) is 17.1. The summed E-state index contributed by atoms with van der Waals surface area (Å²) in [7, 11) is 0. The Labute approximate surface area is 154 Å². The van der Waals surface area contributed by atoms with Gasteiger partial charge in [0, 0.05) is 4.47 Å². The number of carbonyl (C=O) groups excluding carboxylic acids is 2. The van der Waals surface area contributed by atoms with Crippen LogP contribution in [0.4, 0.5) is 4.79 Å². The highest BCUT2D eigenvalue weighted by atomic mass is 79.9. The van der Waals surface area contributed by atoms with Crippen LogP contribution in [0, 0.1) is 12.3 Å². The maximum Gasteiger partial charge on any atom is 0.289 e. The molecule has 0 aliphatic carbocycles. The van der Waals surface area contributed by atoms with Gasteiger partial charge in [-0.25, -0.2) is 0 Å². The van der Waals surface area contributed by atoms with E-state index < -0.39 is 5.25 Å². The van der Waals surface area contributed by atoms with Crippen LogP contribution in [-0.2, 0) is 11.2 Å². The molecule has 0 saturated carbocycles. The SMILES string of the molecule is C#CCN1C(=O)S[C@@H](Cc2cc(OCC)c(OCC)cc2Br)C1=O. The molecule has 1 fully saturated rings. The second-order valence-corrected chi connectivity index (χ2v) is 6.97. The summed E-state index contributed by atoms with van der Waals surface area (Å²) in [6, 6.07) is 3.68. The van der Waals surface area contributed by atoms with E-state index in [1.165, 1.54) is 0 Å². The van der Waals surface area contributed by atoms with Crippen LogP contribution in [0.2, 0.25) is 0 Å². The van der Waals surface area contributed by atoms with E-state index in [0.717, 1.165) is 26.7 Å². The van der Waals surface area contributed by atoms with Crippen molar-refractivity contribution in [2.24, 2.45) is 0 Å². The maximum atomic E-state index is 12.3. The molecule has 2 rings (SSSR count). The number of terminal acetylenes is 1. The molecule has 7 heteroatoms. The number of hydrogen-bond acceptors (Lipinski definition) is 5. The lowest BCUT2D eigenvalue weighted by Crippen LogP contribution is -2.32. The van der Waals surface area contributed by atoms with Gasteiger partial charge in [-0.15, -0.1) is 6.42 Å². The summed E-state index contributed by atoms with van der Waals surface area (Å²) in [6.07, 6.45) is 5.62. The maximum absolute atomic E-state index is 12.3. The van der Waals surface area contributed by atoms with Gasteiger partial charge in [0.2, 0.25) is 5.91 Å². The lowest BCUT2D eigenvalue weighted by Gasteiger charge is -2.15. The van der Waals surface area contributed by atoms with E-state index in [-0.39, 0.29) is 17.7 Å². The largest absolute Gasteiger partial charge is 0.490 e. The van der Waals surface area contributed by atoms with Crippen molar-refractivity contribution in [3.05, 3.63) is 22.2 Å². The monoisotopic (exact) mass is 411 g/mol. The third-order valence-electron chi connectivity index (χ3n) is 3.37. The van der Waals surface area contributed by atoms with Gasteiger partial charge in [-0.2, -0.15) is 0 Å². The Morgan fingerprint density at radius 2 is 1.88 bits per heavy atom. The van der Waals surface area contributed by atoms with Crippen molar-refractivity contribution in [2.45, 2.75) is 25.5 Å². The minimum absolute atomic E-state index is 0.00973. The molecule has 128 valence electrons. The second kappa shape index (κ2) is 8.45. The number of imide groups is 1. The first-order valence-corrected chi connectivity index (χ1v) is 9.22. The minimum atomic E-state index is -0.477. The van der Waals surface area contributed by atoms with Crippen molar-refractivity contribution >= 4 is 38.8 Å². The zero-order valence-corrected chi connectivity index (χ0v) is 15.9. The van der Waals surface area contributed by atoms with Gasteiger partial charge in [-0.1, -0.05) is 33.6 Å². The summed E-state index contributed by atoms with van der Waals surface area (Å²) in [6.45, 7) is 4.84. The third kappa shape index (κ3) is 4.05. The van der Waals surface area contributed by atoms with Gasteiger partial charge in [0.15, 0.2) is 11.5 Å². The fourth-order valence-electron chi connectivity index (χ4n) is 2.33. The summed E-state index contributed by atoms with van der Waals surface area (Å²) in [5.41, 5.74) is 0.878. The second-order valence-electron chi connectivity index (χ2n) is 4.96. The van der Waals surface area contributed by atoms with Gasteiger partial charge < -0.3 is 9.47 Å². The molecule has 1 aromatic rings. The number of thioether (sulfide) groups is 1. The predicted octanol–water partition coefficient (Wildman–Crippen LogP) is 3.49. The molecule has 5 nitrogen and oxygen atoms in total. The average molecular weight is 412 g/mol. The molecule has 0 radical (unpaired) electrons. The highest BCUT2D eigenvalue weighted by Crippen LogP contribution is 2.37. The van der Waals surface area contributed by atoms with Gasteiger partial charge in [-0.05, 0) is 38.0 Å². The van der Waals surface area contributed by atoms with E-state index in [9.17, 15) is 9.59 Å². The lowest BCUT2D eigenvalue weighted by atomic mass is 10.1. The smallest absolute Gasteiger partial charge is 0.289 e. The summed E-state index contributed by atoms with van der Waals surface area (Å²) in [4.78, 5) is 25.3. The van der Waals surface area contributed by atoms with Crippen LogP contribution in [0.3, 0.4) is 0 Å². The van der Waals surface area contributed by atoms with E-state index >= 15 is 0 Å². The summed E-state index contributed by atoms with van der Waals surface area (Å²) < 4.78 is 12.0. The Balaban J connectivity index is 2.23. The highest BCUT2D eigenvalue weighted by Gasteiger charge is 2.39. The van der Waals surface area contributed by atoms with Crippen LogP contribution >= 0.6 is 27.7 Å². The first kappa shape index (κ1) is 18.7. The zero-order valence-electron chi connectivity index (χ0n) is 13.5. The number of ether oxygens (including phenoxy) is 2. The molecule has 0 unspecified atom stereocenters. The Kier molecular flexibility index (Phi) is 6.58. The highest BCUT2D eigenvalue weighted by molar-refractivity contribution is 9.10. The zero-order chi connectivity index (χ0) is 17.7. The molecule has 1 saturated heterocycles. The number of rotatable bonds is 7. The van der Waals surface area contributed by atoms with Crippen LogP contribution in [0.5, 0.6) is 11.5 Å². The Hall–Kier alpha value is -1.65. The fraction of sp³-hybridized carbons (Fsp3) is 0.412. The van der Waals surface area contributed by atoms with E-state index in [2.05, 4.69) is 21.9 Å². The molecule has 0 N–H and O–H groups in total. The number of hydrogen-bond donors (Lipinski definition) is 0. The van der Waals surface area contributed by atoms with Gasteiger partial charge in [-0.3, -0.25) is 14.5 Å². The van der Waals surface area contributed by atoms with E-state index in [0.29, 0.717) is 31.1 Å². The molecule has 24 heavy (non-hydrogen) atoms. The van der Waals surface area contributed by atoms with Crippen molar-refractivity contribution < 1.29 is 19.1 Å². The van der Waals surface area contributed by atoms with Crippen LogP contribution in [-0.4, -0.2) is 41.1 Å². The molecule has 1 heterocycles. The minimum Gasteiger partial charge on any atom is -0.490 e. The third-order valence-corrected chi connectivity index (χ3v) is 5.19. The van der Waals surface area contributed by atoms with Gasteiger partial charge >= 0.3 is 0 Å². The average Bonchev–Trinajstić information content (AvgIpc) is 2.80. The van der Waals surface area contributed by atoms with Crippen molar-refractivity contribution in [1.29, 1.82) is 0 Å². The number of halogens is 1. The molecular formula is C17H18BrNO4S. The van der Waals surface area contributed by atoms with Crippen LogP contribution in [0.25, 0.3) is 0 Å². The van der Waals surface area contributed by atoms with Crippen LogP contribution < -0.4 is 9.47 Å². The van der Waals surface area contributed by atoms with Gasteiger partial charge in [0.1, 0.15) is 0 Å². The lowest BCUT2D eigenvalue weighted by molar-refractivity contribution is -0.126. The Bertz CT molecular complexity index is 686. The van der Waals surface area contributed by atoms with E-state index in [1.54, 1.807) is 0 Å². The topological polar surface area (TPSA) is 55.8 Å². The fourth-order valence-corrected chi connectivity index (χ4v) is 3.83. The number of benzene rings is 1. The van der Waals surface area contributed by atoms with Crippen molar-refractivity contribution in [1.82, 2.24) is 4.90 Å². The molecule has 1 aliphatic heterocycles. The van der Waals surface area contributed by atoms with Crippen molar-refractivity contribution in [3.8, 4) is 23.8 Å². The molecule has 1 aromatic carbocycles. The number of amides is 2. The first-order chi connectivity index (χ1) is 11.5. The quantitative estimate of drug-likeness (QED) is 0.642. The number of carbonyl (C=O) groups is 2. The first-order valence-electron chi connectivity index (χ1n) is 7.55. The molecule has 2 amide bonds. The molecule has 1 aliphatic rings. The predicted molar refractivity (Wildman–Crippen MR) is 97.5 cm³/mol. The van der Waals surface area contributed by atoms with E-state index in [4.69, 9.17) is 15.9 Å². The summed E-state index contributed by atoms with van der Waals surface area (Å²) >= 11 is 4.51. The number of nitrogens with zero attached hydrogens (tertiary/aromatic N) is 1. The molecular weight excluding hydrogens is 394 g/mol. The van der Waals surface area contributed by atoms with Gasteiger partial charge in [0.05, 0.1) is 25.0 Å². The summed E-state index contributed by atoms with van der Waals surface area (Å²) in [5.74, 6) is 3.36. The molecule has 0 aromatic heterocycles. The van der Waals surface area contributed by atoms with Gasteiger partial charge in [0.25, 0.3) is 5.24 Å². The Morgan fingerprint density at radius 1 is 1.25 bits per heavy atom. The Morgan fingerprint density at radius 3 is 2.46 bits per heavy atom. The van der Waals surface area contributed by atoms with Crippen LogP contribution in [0.15, 0.2) is 16.6 Å². The summed E-state index contributed by atoms with van der Waals surface area (Å²) in [5, 5.41) is -0.774.